The van der Waals surface area contributed by atoms with E-state index in [0.29, 0.717) is 5.69 Å². The summed E-state index contributed by atoms with van der Waals surface area (Å²) in [7, 11) is 0. The minimum atomic E-state index is -0.989. The normalized spacial score (nSPS) is 23.4. The van der Waals surface area contributed by atoms with Gasteiger partial charge in [-0.25, -0.2) is 4.79 Å². The first-order valence-corrected chi connectivity index (χ1v) is 6.42. The maximum absolute atomic E-state index is 11.2. The van der Waals surface area contributed by atoms with Crippen LogP contribution in [0.25, 0.3) is 0 Å². The molecule has 1 aromatic carbocycles. The van der Waals surface area contributed by atoms with Crippen molar-refractivity contribution in [1.29, 1.82) is 0 Å². The summed E-state index contributed by atoms with van der Waals surface area (Å²) in [6.07, 6.45) is 0.268. The standard InChI is InChI=1S/C14H20N2O3/c1-8-4-11(5-12(13(8)15)14(17)18)16-6-9(2)19-10(3)7-16/h4-5,9-10H,6-7,15H2,1-3H3,(H,17,18). The summed E-state index contributed by atoms with van der Waals surface area (Å²) in [4.78, 5) is 13.4. The maximum Gasteiger partial charge on any atom is 0.337 e. The Labute approximate surface area is 113 Å². The molecule has 2 rings (SSSR count). The van der Waals surface area contributed by atoms with Gasteiger partial charge in [-0.3, -0.25) is 0 Å². The third-order valence-electron chi connectivity index (χ3n) is 3.39. The van der Waals surface area contributed by atoms with Gasteiger partial charge in [0, 0.05) is 24.5 Å². The molecule has 1 aliphatic rings. The third kappa shape index (κ3) is 2.81. The van der Waals surface area contributed by atoms with Crippen LogP contribution in [0.4, 0.5) is 11.4 Å². The van der Waals surface area contributed by atoms with E-state index in [1.54, 1.807) is 6.07 Å². The molecular formula is C14H20N2O3. The van der Waals surface area contributed by atoms with E-state index >= 15 is 0 Å². The molecule has 19 heavy (non-hydrogen) atoms. The predicted molar refractivity (Wildman–Crippen MR) is 74.8 cm³/mol. The number of nitrogens with zero attached hydrogens (tertiary/aromatic N) is 1. The summed E-state index contributed by atoms with van der Waals surface area (Å²) in [5, 5.41) is 9.19. The SMILES string of the molecule is Cc1cc(N2CC(C)OC(C)C2)cc(C(=O)O)c1N. The number of benzene rings is 1. The molecule has 3 N–H and O–H groups in total. The van der Waals surface area contributed by atoms with Crippen molar-refractivity contribution in [3.63, 3.8) is 0 Å². The second-order valence-corrected chi connectivity index (χ2v) is 5.19. The molecular weight excluding hydrogens is 244 g/mol. The first kappa shape index (κ1) is 13.7. The van der Waals surface area contributed by atoms with Gasteiger partial charge >= 0.3 is 5.97 Å². The van der Waals surface area contributed by atoms with Gasteiger partial charge in [-0.2, -0.15) is 0 Å². The van der Waals surface area contributed by atoms with Gasteiger partial charge in [-0.05, 0) is 38.5 Å². The van der Waals surface area contributed by atoms with Crippen molar-refractivity contribution >= 4 is 17.3 Å². The topological polar surface area (TPSA) is 75.8 Å². The number of nitrogen functional groups attached to an aromatic ring is 1. The second kappa shape index (κ2) is 5.09. The van der Waals surface area contributed by atoms with Gasteiger partial charge in [0.1, 0.15) is 0 Å². The van der Waals surface area contributed by atoms with Crippen molar-refractivity contribution in [1.82, 2.24) is 0 Å². The highest BCUT2D eigenvalue weighted by Crippen LogP contribution is 2.27. The fraction of sp³-hybridized carbons (Fsp3) is 0.500. The van der Waals surface area contributed by atoms with Crippen LogP contribution in [0.2, 0.25) is 0 Å². The van der Waals surface area contributed by atoms with E-state index in [2.05, 4.69) is 4.90 Å². The summed E-state index contributed by atoms with van der Waals surface area (Å²) in [6, 6.07) is 3.59. The Kier molecular flexibility index (Phi) is 3.66. The van der Waals surface area contributed by atoms with Crippen LogP contribution in [0, 0.1) is 6.92 Å². The monoisotopic (exact) mass is 264 g/mol. The highest BCUT2D eigenvalue weighted by atomic mass is 16.5. The third-order valence-corrected chi connectivity index (χ3v) is 3.39. The molecule has 0 spiro atoms. The summed E-state index contributed by atoms with van der Waals surface area (Å²) in [6.45, 7) is 7.38. The molecule has 2 atom stereocenters. The largest absolute Gasteiger partial charge is 0.478 e. The van der Waals surface area contributed by atoms with E-state index in [9.17, 15) is 9.90 Å². The molecule has 5 nitrogen and oxygen atoms in total. The summed E-state index contributed by atoms with van der Waals surface area (Å²) in [5.74, 6) is -0.989. The number of hydrogen-bond acceptors (Lipinski definition) is 4. The minimum absolute atomic E-state index is 0.134. The lowest BCUT2D eigenvalue weighted by atomic mass is 10.1. The molecule has 0 bridgehead atoms. The van der Waals surface area contributed by atoms with Gasteiger partial charge in [0.05, 0.1) is 17.8 Å². The fourth-order valence-corrected chi connectivity index (χ4v) is 2.53. The number of aromatic carboxylic acids is 1. The molecule has 0 radical (unpaired) electrons. The van der Waals surface area contributed by atoms with Gasteiger partial charge in [-0.1, -0.05) is 0 Å². The van der Waals surface area contributed by atoms with Crippen LogP contribution < -0.4 is 10.6 Å². The minimum Gasteiger partial charge on any atom is -0.478 e. The highest BCUT2D eigenvalue weighted by molar-refractivity contribution is 5.95. The second-order valence-electron chi connectivity index (χ2n) is 5.19. The molecule has 0 saturated carbocycles. The van der Waals surface area contributed by atoms with Crippen LogP contribution in [-0.4, -0.2) is 36.4 Å². The van der Waals surface area contributed by atoms with Gasteiger partial charge in [0.15, 0.2) is 0 Å². The van der Waals surface area contributed by atoms with E-state index in [0.717, 1.165) is 24.3 Å². The molecule has 0 amide bonds. The van der Waals surface area contributed by atoms with E-state index in [4.69, 9.17) is 10.5 Å². The van der Waals surface area contributed by atoms with Gasteiger partial charge in [0.25, 0.3) is 0 Å². The van der Waals surface area contributed by atoms with Gasteiger partial charge < -0.3 is 20.5 Å². The quantitative estimate of drug-likeness (QED) is 0.798. The lowest BCUT2D eigenvalue weighted by Gasteiger charge is -2.37. The average Bonchev–Trinajstić information content (AvgIpc) is 2.30. The summed E-state index contributed by atoms with van der Waals surface area (Å²) in [5.41, 5.74) is 8.01. The molecule has 1 aliphatic heterocycles. The van der Waals surface area contributed by atoms with Crippen molar-refractivity contribution in [3.8, 4) is 0 Å². The van der Waals surface area contributed by atoms with E-state index in [1.165, 1.54) is 0 Å². The number of carboxylic acids is 1. The van der Waals surface area contributed by atoms with E-state index in [-0.39, 0.29) is 17.8 Å². The van der Waals surface area contributed by atoms with Crippen molar-refractivity contribution in [2.24, 2.45) is 0 Å². The zero-order valence-corrected chi connectivity index (χ0v) is 11.5. The maximum atomic E-state index is 11.2. The lowest BCUT2D eigenvalue weighted by molar-refractivity contribution is -0.00521. The Balaban J connectivity index is 2.37. The number of carbonyl (C=O) groups is 1. The molecule has 2 unspecified atom stereocenters. The number of anilines is 2. The Hall–Kier alpha value is -1.75. The Bertz CT molecular complexity index is 492. The molecule has 0 aliphatic carbocycles. The lowest BCUT2D eigenvalue weighted by Crippen LogP contribution is -2.45. The van der Waals surface area contributed by atoms with Crippen molar-refractivity contribution in [3.05, 3.63) is 23.3 Å². The van der Waals surface area contributed by atoms with Crippen LogP contribution in [0.1, 0.15) is 29.8 Å². The predicted octanol–water partition coefficient (Wildman–Crippen LogP) is 1.89. The first-order chi connectivity index (χ1) is 8.88. The number of carboxylic acid groups (broad SMARTS) is 1. The first-order valence-electron chi connectivity index (χ1n) is 6.42. The van der Waals surface area contributed by atoms with Gasteiger partial charge in [0.2, 0.25) is 0 Å². The number of aryl methyl sites for hydroxylation is 1. The molecule has 1 saturated heterocycles. The van der Waals surface area contributed by atoms with E-state index in [1.807, 2.05) is 26.8 Å². The highest BCUT2D eigenvalue weighted by Gasteiger charge is 2.24. The fourth-order valence-electron chi connectivity index (χ4n) is 2.53. The smallest absolute Gasteiger partial charge is 0.337 e. The molecule has 1 heterocycles. The van der Waals surface area contributed by atoms with E-state index < -0.39 is 5.97 Å². The Morgan fingerprint density at radius 2 is 1.95 bits per heavy atom. The van der Waals surface area contributed by atoms with Crippen LogP contribution in [0.15, 0.2) is 12.1 Å². The zero-order chi connectivity index (χ0) is 14.2. The molecule has 1 aromatic rings. The molecule has 1 fully saturated rings. The number of ether oxygens (including phenoxy) is 1. The zero-order valence-electron chi connectivity index (χ0n) is 11.5. The van der Waals surface area contributed by atoms with Crippen LogP contribution in [-0.2, 0) is 4.74 Å². The van der Waals surface area contributed by atoms with Crippen LogP contribution >= 0.6 is 0 Å². The molecule has 0 aromatic heterocycles. The molecule has 5 heteroatoms. The number of hydrogen-bond donors (Lipinski definition) is 2. The Morgan fingerprint density at radius 3 is 2.47 bits per heavy atom. The number of rotatable bonds is 2. The summed E-state index contributed by atoms with van der Waals surface area (Å²) < 4.78 is 5.69. The van der Waals surface area contributed by atoms with Crippen molar-refractivity contribution < 1.29 is 14.6 Å². The van der Waals surface area contributed by atoms with Crippen molar-refractivity contribution in [2.75, 3.05) is 23.7 Å². The van der Waals surface area contributed by atoms with Crippen molar-refractivity contribution in [2.45, 2.75) is 33.0 Å². The Morgan fingerprint density at radius 1 is 1.37 bits per heavy atom. The van der Waals surface area contributed by atoms with Crippen LogP contribution in [0.5, 0.6) is 0 Å². The molecule has 104 valence electrons. The van der Waals surface area contributed by atoms with Crippen LogP contribution in [0.3, 0.4) is 0 Å². The summed E-state index contributed by atoms with van der Waals surface area (Å²) >= 11 is 0. The number of morpholine rings is 1. The number of nitrogens with two attached hydrogens (primary N) is 1. The van der Waals surface area contributed by atoms with Gasteiger partial charge in [-0.15, -0.1) is 0 Å². The average molecular weight is 264 g/mol.